The number of ether oxygens (including phenoxy) is 1. The highest BCUT2D eigenvalue weighted by atomic mass is 79.9. The fourth-order valence-corrected chi connectivity index (χ4v) is 7.57. The number of carbonyl (C=O) groups is 4. The zero-order chi connectivity index (χ0) is 36.5. The Morgan fingerprint density at radius 3 is 2.39 bits per heavy atom. The molecule has 1 aromatic heterocycles. The highest BCUT2D eigenvalue weighted by molar-refractivity contribution is 9.10. The number of hydrogen-bond acceptors (Lipinski definition) is 8. The third-order valence-electron chi connectivity index (χ3n) is 7.95. The Labute approximate surface area is 294 Å². The van der Waals surface area contributed by atoms with E-state index < -0.39 is 79.3 Å². The molecule has 4 atom stereocenters. The summed E-state index contributed by atoms with van der Waals surface area (Å²) in [4.78, 5) is 65.5. The molecule has 12 nitrogen and oxygen atoms in total. The van der Waals surface area contributed by atoms with Gasteiger partial charge < -0.3 is 34.4 Å². The summed E-state index contributed by atoms with van der Waals surface area (Å²) in [6, 6.07) is 9.38. The van der Waals surface area contributed by atoms with Gasteiger partial charge >= 0.3 is 19.2 Å². The molecule has 1 fully saturated rings. The quantitative estimate of drug-likeness (QED) is 0.192. The van der Waals surface area contributed by atoms with E-state index in [1.54, 1.807) is 52.1 Å². The van der Waals surface area contributed by atoms with Gasteiger partial charge in [-0.25, -0.2) is 4.79 Å². The summed E-state index contributed by atoms with van der Waals surface area (Å²) in [5.74, 6) is -2.93. The first-order valence-corrected chi connectivity index (χ1v) is 18.3. The molecule has 3 amide bonds. The smallest absolute Gasteiger partial charge is 0.401 e. The summed E-state index contributed by atoms with van der Waals surface area (Å²) in [5, 5.41) is 12.1. The van der Waals surface area contributed by atoms with Crippen LogP contribution >= 0.6 is 34.9 Å². The van der Waals surface area contributed by atoms with Crippen molar-refractivity contribution in [3.05, 3.63) is 63.4 Å². The van der Waals surface area contributed by atoms with Gasteiger partial charge in [0.15, 0.2) is 0 Å². The van der Waals surface area contributed by atoms with Crippen LogP contribution in [-0.2, 0) is 33.9 Å². The molecule has 1 aliphatic heterocycles. The molecule has 0 aliphatic carbocycles. The highest BCUT2D eigenvalue weighted by Gasteiger charge is 2.52. The topological polar surface area (TPSA) is 163 Å². The number of likely N-dealkylation sites (N-methyl/N-ethyl adjacent to an activating group) is 1. The normalized spacial score (nSPS) is 18.6. The molecule has 266 valence electrons. The van der Waals surface area contributed by atoms with Gasteiger partial charge in [0.1, 0.15) is 18.7 Å². The molecule has 3 aromatic rings. The zero-order valence-electron chi connectivity index (χ0n) is 27.3. The van der Waals surface area contributed by atoms with Gasteiger partial charge in [0.05, 0.1) is 17.6 Å². The monoisotopic (exact) mass is 787 g/mol. The van der Waals surface area contributed by atoms with Crippen molar-refractivity contribution in [1.29, 1.82) is 0 Å². The second kappa shape index (κ2) is 14.9. The lowest BCUT2D eigenvalue weighted by molar-refractivity contribution is -0.144. The van der Waals surface area contributed by atoms with E-state index in [4.69, 9.17) is 9.84 Å². The number of carbonyl (C=O) groups excluding carboxylic acids is 3. The number of alkyl halides is 2. The molecule has 2 heterocycles. The Morgan fingerprint density at radius 1 is 1.14 bits per heavy atom. The minimum absolute atomic E-state index is 0.0247. The number of hydrogen-bond donors (Lipinski definition) is 3. The Bertz CT molecular complexity index is 1780. The molecule has 3 N–H and O–H groups in total. The summed E-state index contributed by atoms with van der Waals surface area (Å²) in [6.07, 6.45) is -0.743. The van der Waals surface area contributed by atoms with Crippen molar-refractivity contribution in [2.45, 2.75) is 58.0 Å². The van der Waals surface area contributed by atoms with Crippen LogP contribution < -0.4 is 10.2 Å². The van der Waals surface area contributed by atoms with Gasteiger partial charge in [-0.3, -0.25) is 18.9 Å². The molecule has 2 aromatic carbocycles. The lowest BCUT2D eigenvalue weighted by Crippen LogP contribution is -2.57. The molecule has 0 saturated carbocycles. The molecular weight excluding hydrogens is 751 g/mol. The summed E-state index contributed by atoms with van der Waals surface area (Å²) in [6.45, 7) is 5.36. The molecule has 1 saturated heterocycles. The van der Waals surface area contributed by atoms with E-state index in [-0.39, 0.29) is 23.2 Å². The van der Waals surface area contributed by atoms with Crippen molar-refractivity contribution >= 4 is 74.3 Å². The van der Waals surface area contributed by atoms with Crippen LogP contribution in [0, 0.1) is 5.41 Å². The lowest BCUT2D eigenvalue weighted by atomic mass is 9.85. The number of amides is 3. The average molecular weight is 789 g/mol. The maximum atomic E-state index is 14.9. The first kappa shape index (κ1) is 38.5. The largest absolute Gasteiger partial charge is 0.480 e. The molecule has 49 heavy (non-hydrogen) atoms. The van der Waals surface area contributed by atoms with Gasteiger partial charge in [-0.15, -0.1) is 11.3 Å². The van der Waals surface area contributed by atoms with Crippen LogP contribution in [0.1, 0.15) is 49.4 Å². The van der Waals surface area contributed by atoms with Crippen LogP contribution in [0.4, 0.5) is 14.5 Å². The third kappa shape index (κ3) is 8.55. The van der Waals surface area contributed by atoms with Gasteiger partial charge in [0.2, 0.25) is 11.8 Å². The third-order valence-corrected chi connectivity index (χ3v) is 11.2. The van der Waals surface area contributed by atoms with E-state index in [2.05, 4.69) is 25.8 Å². The number of nitrogens with one attached hydrogen (secondary N) is 1. The summed E-state index contributed by atoms with van der Waals surface area (Å²) < 4.78 is 53.1. The maximum Gasteiger partial charge on any atom is 0.401 e. The maximum absolute atomic E-state index is 14.9. The number of anilines is 1. The predicted molar refractivity (Wildman–Crippen MR) is 183 cm³/mol. The van der Waals surface area contributed by atoms with Crippen LogP contribution in [0.5, 0.6) is 0 Å². The molecule has 4 rings (SSSR count). The number of nitrogens with zero attached hydrogens (tertiary/aromatic N) is 2. The molecule has 1 aliphatic rings. The van der Waals surface area contributed by atoms with Gasteiger partial charge in [-0.05, 0) is 60.2 Å². The van der Waals surface area contributed by atoms with Gasteiger partial charge in [0.25, 0.3) is 5.91 Å². The van der Waals surface area contributed by atoms with Gasteiger partial charge in [-0.1, -0.05) is 42.8 Å². The Kier molecular flexibility index (Phi) is 11.7. The molecule has 1 unspecified atom stereocenters. The number of thiophene rings is 1. The van der Waals surface area contributed by atoms with Crippen molar-refractivity contribution in [2.75, 3.05) is 31.7 Å². The lowest BCUT2D eigenvalue weighted by Gasteiger charge is -2.36. The summed E-state index contributed by atoms with van der Waals surface area (Å²) >= 11 is 4.33. The van der Waals surface area contributed by atoms with Crippen LogP contribution in [0.3, 0.4) is 0 Å². The summed E-state index contributed by atoms with van der Waals surface area (Å²) in [5.41, 5.74) is -5.29. The minimum Gasteiger partial charge on any atom is -0.480 e. The van der Waals surface area contributed by atoms with Crippen molar-refractivity contribution in [3.63, 3.8) is 0 Å². The first-order valence-electron chi connectivity index (χ1n) is 15.1. The minimum atomic E-state index is -5.34. The van der Waals surface area contributed by atoms with Crippen LogP contribution in [0.15, 0.2) is 53.0 Å². The molecular formula is C32H37BrF2N3O9PS. The van der Waals surface area contributed by atoms with Crippen LogP contribution in [0.2, 0.25) is 0 Å². The number of carboxylic acids is 1. The summed E-state index contributed by atoms with van der Waals surface area (Å²) in [7, 11) is -3.78. The highest BCUT2D eigenvalue weighted by Crippen LogP contribution is 2.63. The standard InChI is InChI=1S/C32H37BrF2N3O9PS/c1-6-47-48(44,45)32(34,35)19-7-12-24-18(13-19)14-25(49-24)28(41)36-27(31(2,3)4)30(43)38-16-22(46-17-26(39)40)15-23(38)29(42)37(5)21-10-8-20(33)9-11-21/h7-14,22-23,27H,6,15-17H2,1-5H3,(H,36,41)(H,39,40)(H,44,45)/t22-,23+,27-/m1/s1. The number of benzene rings is 2. The Morgan fingerprint density at radius 2 is 1.80 bits per heavy atom. The number of rotatable bonds is 12. The molecule has 0 bridgehead atoms. The van der Waals surface area contributed by atoms with Crippen LogP contribution in [-0.4, -0.2) is 83.6 Å². The number of likely N-dealkylation sites (tertiary alicyclic amines) is 1. The number of halogens is 3. The van der Waals surface area contributed by atoms with Crippen molar-refractivity contribution < 1.29 is 51.8 Å². The van der Waals surface area contributed by atoms with E-state index >= 15 is 0 Å². The van der Waals surface area contributed by atoms with E-state index in [1.807, 2.05) is 0 Å². The second-order valence-electron chi connectivity index (χ2n) is 12.6. The fourth-order valence-electron chi connectivity index (χ4n) is 5.38. The van der Waals surface area contributed by atoms with Gasteiger partial charge in [-0.2, -0.15) is 8.78 Å². The van der Waals surface area contributed by atoms with E-state index in [0.717, 1.165) is 27.9 Å². The molecule has 0 spiro atoms. The van der Waals surface area contributed by atoms with Crippen LogP contribution in [0.25, 0.3) is 10.1 Å². The molecule has 17 heteroatoms. The SMILES string of the molecule is CCOP(=O)(O)C(F)(F)c1ccc2sc(C(=O)N[C@H](C(=O)N3C[C@H](OCC(=O)O)C[C@H]3C(=O)N(C)c3ccc(Br)cc3)C(C)(C)C)cc2c1. The second-order valence-corrected chi connectivity index (χ2v) is 16.4. The van der Waals surface area contributed by atoms with E-state index in [9.17, 15) is 37.4 Å². The number of aliphatic carboxylic acids is 1. The average Bonchev–Trinajstić information content (AvgIpc) is 3.65. The van der Waals surface area contributed by atoms with E-state index in [1.165, 1.54) is 28.9 Å². The first-order chi connectivity index (χ1) is 22.8. The fraction of sp³-hybridized carbons (Fsp3) is 0.438. The molecule has 0 radical (unpaired) electrons. The Hall–Kier alpha value is -3.27. The van der Waals surface area contributed by atoms with Crippen molar-refractivity contribution in [1.82, 2.24) is 10.2 Å². The van der Waals surface area contributed by atoms with Crippen molar-refractivity contribution in [3.8, 4) is 0 Å². The Balaban J connectivity index is 1.61. The van der Waals surface area contributed by atoms with Crippen molar-refractivity contribution in [2.24, 2.45) is 5.41 Å². The predicted octanol–water partition coefficient (Wildman–Crippen LogP) is 5.81. The van der Waals surface area contributed by atoms with E-state index in [0.29, 0.717) is 10.4 Å². The zero-order valence-corrected chi connectivity index (χ0v) is 30.6. The number of carboxylic acid groups (broad SMARTS) is 1. The number of fused-ring (bicyclic) bond motifs is 1. The van der Waals surface area contributed by atoms with Gasteiger partial charge in [0, 0.05) is 40.4 Å².